The number of carbonyl (C=O) groups is 2. The number of amides is 2. The Balaban J connectivity index is 1.52. The molecule has 2 amide bonds. The van der Waals surface area contributed by atoms with Crippen molar-refractivity contribution in [1.29, 1.82) is 0 Å². The quantitative estimate of drug-likeness (QED) is 0.700. The molecule has 0 N–H and O–H groups in total. The predicted octanol–water partition coefficient (Wildman–Crippen LogP) is 4.49. The maximum absolute atomic E-state index is 12.8. The fourth-order valence-electron chi connectivity index (χ4n) is 3.49. The van der Waals surface area contributed by atoms with Crippen molar-refractivity contribution in [2.75, 3.05) is 6.61 Å². The second-order valence-corrected chi connectivity index (χ2v) is 6.41. The lowest BCUT2D eigenvalue weighted by Gasteiger charge is -2.20. The summed E-state index contributed by atoms with van der Waals surface area (Å²) in [5.74, 6) is -0.200. The first-order valence-electron chi connectivity index (χ1n) is 8.74. The van der Waals surface area contributed by atoms with Crippen LogP contribution in [0.3, 0.4) is 0 Å². The number of fused-ring (bicyclic) bond motifs is 1. The van der Waals surface area contributed by atoms with E-state index in [9.17, 15) is 9.59 Å². The van der Waals surface area contributed by atoms with Crippen LogP contribution in [0.15, 0.2) is 72.8 Å². The standard InChI is InChI=1S/C22H19NO3/c24-21(14-13-17-11-6-10-16-7-4-5-12-19(16)17)23-20(15-26-22(23)25)18-8-2-1-3-9-18/h1-12,20H,13-15H2/t20-/m1/s1. The number of carbonyl (C=O) groups excluding carboxylic acids is 2. The third-order valence-corrected chi connectivity index (χ3v) is 4.81. The molecule has 4 nitrogen and oxygen atoms in total. The van der Waals surface area contributed by atoms with E-state index in [-0.39, 0.29) is 25.0 Å². The zero-order valence-electron chi connectivity index (χ0n) is 14.3. The van der Waals surface area contributed by atoms with E-state index >= 15 is 0 Å². The lowest BCUT2D eigenvalue weighted by atomic mass is 10.0. The van der Waals surface area contributed by atoms with E-state index in [0.29, 0.717) is 6.42 Å². The van der Waals surface area contributed by atoms with E-state index in [1.54, 1.807) is 0 Å². The van der Waals surface area contributed by atoms with Gasteiger partial charge in [0.15, 0.2) is 0 Å². The molecular formula is C22H19NO3. The molecule has 1 aliphatic rings. The van der Waals surface area contributed by atoms with E-state index in [2.05, 4.69) is 18.2 Å². The zero-order chi connectivity index (χ0) is 17.9. The second-order valence-electron chi connectivity index (χ2n) is 6.41. The lowest BCUT2D eigenvalue weighted by Crippen LogP contribution is -2.34. The minimum absolute atomic E-state index is 0.200. The summed E-state index contributed by atoms with van der Waals surface area (Å²) in [5, 5.41) is 2.30. The number of rotatable bonds is 4. The van der Waals surface area contributed by atoms with Gasteiger partial charge < -0.3 is 4.74 Å². The summed E-state index contributed by atoms with van der Waals surface area (Å²) in [5.41, 5.74) is 2.03. The van der Waals surface area contributed by atoms with E-state index in [1.165, 1.54) is 4.90 Å². The number of hydrogen-bond donors (Lipinski definition) is 0. The Labute approximate surface area is 152 Å². The third kappa shape index (κ3) is 3.06. The van der Waals surface area contributed by atoms with E-state index < -0.39 is 6.09 Å². The molecule has 0 unspecified atom stereocenters. The van der Waals surface area contributed by atoms with Crippen molar-refractivity contribution < 1.29 is 14.3 Å². The highest BCUT2D eigenvalue weighted by Gasteiger charge is 2.38. The van der Waals surface area contributed by atoms with Crippen LogP contribution in [0.25, 0.3) is 10.8 Å². The first-order chi connectivity index (χ1) is 12.7. The summed E-state index contributed by atoms with van der Waals surface area (Å²) < 4.78 is 5.14. The molecule has 0 aliphatic carbocycles. The summed E-state index contributed by atoms with van der Waals surface area (Å²) in [6.45, 7) is 0.211. The molecule has 0 spiro atoms. The Hall–Kier alpha value is -3.14. The molecule has 0 saturated carbocycles. The molecule has 26 heavy (non-hydrogen) atoms. The number of aryl methyl sites for hydroxylation is 1. The van der Waals surface area contributed by atoms with Gasteiger partial charge in [-0.2, -0.15) is 0 Å². The van der Waals surface area contributed by atoms with Crippen molar-refractivity contribution in [2.45, 2.75) is 18.9 Å². The van der Waals surface area contributed by atoms with Crippen LogP contribution in [-0.2, 0) is 16.0 Å². The molecular weight excluding hydrogens is 326 g/mol. The van der Waals surface area contributed by atoms with Crippen LogP contribution in [0, 0.1) is 0 Å². The fourth-order valence-corrected chi connectivity index (χ4v) is 3.49. The highest BCUT2D eigenvalue weighted by atomic mass is 16.6. The van der Waals surface area contributed by atoms with Crippen LogP contribution in [0.5, 0.6) is 0 Å². The summed E-state index contributed by atoms with van der Waals surface area (Å²) >= 11 is 0. The summed E-state index contributed by atoms with van der Waals surface area (Å²) in [7, 11) is 0. The van der Waals surface area contributed by atoms with Crippen molar-refractivity contribution in [1.82, 2.24) is 4.90 Å². The largest absolute Gasteiger partial charge is 0.446 e. The number of benzene rings is 3. The lowest BCUT2D eigenvalue weighted by molar-refractivity contribution is -0.129. The Morgan fingerprint density at radius 1 is 0.962 bits per heavy atom. The van der Waals surface area contributed by atoms with Crippen molar-refractivity contribution in [2.24, 2.45) is 0 Å². The first-order valence-corrected chi connectivity index (χ1v) is 8.74. The Kier molecular flexibility index (Phi) is 4.40. The zero-order valence-corrected chi connectivity index (χ0v) is 14.3. The molecule has 0 bridgehead atoms. The molecule has 1 heterocycles. The van der Waals surface area contributed by atoms with Crippen molar-refractivity contribution in [3.05, 3.63) is 83.9 Å². The van der Waals surface area contributed by atoms with Gasteiger partial charge in [0.2, 0.25) is 5.91 Å². The molecule has 4 heteroatoms. The maximum Gasteiger partial charge on any atom is 0.417 e. The number of nitrogens with zero attached hydrogens (tertiary/aromatic N) is 1. The van der Waals surface area contributed by atoms with Gasteiger partial charge in [-0.15, -0.1) is 0 Å². The second kappa shape index (κ2) is 7.00. The summed E-state index contributed by atoms with van der Waals surface area (Å²) in [4.78, 5) is 26.1. The monoisotopic (exact) mass is 345 g/mol. The van der Waals surface area contributed by atoms with Gasteiger partial charge in [-0.05, 0) is 28.3 Å². The molecule has 130 valence electrons. The average Bonchev–Trinajstić information content (AvgIpc) is 3.08. The number of ether oxygens (including phenoxy) is 1. The average molecular weight is 345 g/mol. The van der Waals surface area contributed by atoms with Crippen molar-refractivity contribution in [3.63, 3.8) is 0 Å². The normalized spacial score (nSPS) is 16.7. The van der Waals surface area contributed by atoms with E-state index in [4.69, 9.17) is 4.74 Å². The van der Waals surface area contributed by atoms with Crippen LogP contribution in [0.2, 0.25) is 0 Å². The number of cyclic esters (lactones) is 1. The van der Waals surface area contributed by atoms with Crippen LogP contribution < -0.4 is 0 Å². The molecule has 0 aromatic heterocycles. The molecule has 1 atom stereocenters. The van der Waals surface area contributed by atoms with E-state index in [1.807, 2.05) is 54.6 Å². The topological polar surface area (TPSA) is 46.6 Å². The van der Waals surface area contributed by atoms with E-state index in [0.717, 1.165) is 21.9 Å². The minimum Gasteiger partial charge on any atom is -0.446 e. The van der Waals surface area contributed by atoms with Crippen LogP contribution in [-0.4, -0.2) is 23.5 Å². The molecule has 1 saturated heterocycles. The van der Waals surface area contributed by atoms with Gasteiger partial charge in [0.25, 0.3) is 0 Å². The van der Waals surface area contributed by atoms with Gasteiger partial charge in [0.1, 0.15) is 12.6 Å². The van der Waals surface area contributed by atoms with Gasteiger partial charge in [0.05, 0.1) is 0 Å². The van der Waals surface area contributed by atoms with Crippen LogP contribution >= 0.6 is 0 Å². The molecule has 1 aliphatic heterocycles. The van der Waals surface area contributed by atoms with Gasteiger partial charge >= 0.3 is 6.09 Å². The van der Waals surface area contributed by atoms with Crippen LogP contribution in [0.1, 0.15) is 23.6 Å². The number of imide groups is 1. The number of hydrogen-bond acceptors (Lipinski definition) is 3. The molecule has 4 rings (SSSR count). The van der Waals surface area contributed by atoms with Crippen LogP contribution in [0.4, 0.5) is 4.79 Å². The van der Waals surface area contributed by atoms with Gasteiger partial charge in [0, 0.05) is 6.42 Å². The smallest absolute Gasteiger partial charge is 0.417 e. The summed E-state index contributed by atoms with van der Waals surface area (Å²) in [6, 6.07) is 23.4. The van der Waals surface area contributed by atoms with Gasteiger partial charge in [-0.1, -0.05) is 72.8 Å². The molecule has 1 fully saturated rings. The highest BCUT2D eigenvalue weighted by Crippen LogP contribution is 2.29. The summed E-state index contributed by atoms with van der Waals surface area (Å²) in [6.07, 6.45) is 0.305. The first kappa shape index (κ1) is 16.3. The Morgan fingerprint density at radius 3 is 2.54 bits per heavy atom. The fraction of sp³-hybridized carbons (Fsp3) is 0.182. The predicted molar refractivity (Wildman–Crippen MR) is 99.6 cm³/mol. The highest BCUT2D eigenvalue weighted by molar-refractivity contribution is 5.94. The molecule has 3 aromatic rings. The van der Waals surface area contributed by atoms with Crippen molar-refractivity contribution >= 4 is 22.8 Å². The van der Waals surface area contributed by atoms with Gasteiger partial charge in [-0.25, -0.2) is 9.69 Å². The van der Waals surface area contributed by atoms with Crippen molar-refractivity contribution in [3.8, 4) is 0 Å². The third-order valence-electron chi connectivity index (χ3n) is 4.81. The molecule has 3 aromatic carbocycles. The minimum atomic E-state index is -0.554. The maximum atomic E-state index is 12.8. The van der Waals surface area contributed by atoms with Gasteiger partial charge in [-0.3, -0.25) is 4.79 Å². The Bertz CT molecular complexity index is 947. The Morgan fingerprint density at radius 2 is 1.69 bits per heavy atom. The SMILES string of the molecule is O=C(CCc1cccc2ccccc12)N1C(=O)OC[C@@H]1c1ccccc1. The molecule has 0 radical (unpaired) electrons.